The fraction of sp³-hybridized carbons (Fsp3) is 0.214. The van der Waals surface area contributed by atoms with E-state index in [0.29, 0.717) is 6.61 Å². The van der Waals surface area contributed by atoms with Crippen molar-refractivity contribution < 1.29 is 4.74 Å². The van der Waals surface area contributed by atoms with Crippen molar-refractivity contribution in [2.24, 2.45) is 0 Å². The SMILES string of the molecule is Cc1cccc(CCOc2ccccc2)n1. The zero-order chi connectivity index (χ0) is 11.2. The van der Waals surface area contributed by atoms with Crippen LogP contribution in [0.2, 0.25) is 0 Å². The summed E-state index contributed by atoms with van der Waals surface area (Å²) in [5, 5.41) is 0. The second kappa shape index (κ2) is 5.31. The highest BCUT2D eigenvalue weighted by molar-refractivity contribution is 5.21. The predicted molar refractivity (Wildman–Crippen MR) is 64.6 cm³/mol. The van der Waals surface area contributed by atoms with Crippen LogP contribution in [0.1, 0.15) is 11.4 Å². The summed E-state index contributed by atoms with van der Waals surface area (Å²) in [5.74, 6) is 0.912. The summed E-state index contributed by atoms with van der Waals surface area (Å²) in [4.78, 5) is 4.42. The molecule has 0 N–H and O–H groups in total. The average molecular weight is 213 g/mol. The van der Waals surface area contributed by atoms with Crippen LogP contribution in [-0.4, -0.2) is 11.6 Å². The van der Waals surface area contributed by atoms with Gasteiger partial charge in [-0.15, -0.1) is 0 Å². The Labute approximate surface area is 95.9 Å². The molecule has 1 aromatic carbocycles. The zero-order valence-electron chi connectivity index (χ0n) is 9.39. The molecule has 0 bridgehead atoms. The van der Waals surface area contributed by atoms with E-state index in [2.05, 4.69) is 4.98 Å². The van der Waals surface area contributed by atoms with Gasteiger partial charge in [0.25, 0.3) is 0 Å². The maximum atomic E-state index is 5.61. The van der Waals surface area contributed by atoms with Gasteiger partial charge in [-0.1, -0.05) is 24.3 Å². The zero-order valence-corrected chi connectivity index (χ0v) is 9.39. The number of nitrogens with zero attached hydrogens (tertiary/aromatic N) is 1. The van der Waals surface area contributed by atoms with E-state index in [4.69, 9.17) is 4.74 Å². The van der Waals surface area contributed by atoms with Gasteiger partial charge in [0.2, 0.25) is 0 Å². The van der Waals surface area contributed by atoms with Crippen LogP contribution in [0.5, 0.6) is 5.75 Å². The molecule has 0 unspecified atom stereocenters. The first-order chi connectivity index (χ1) is 7.84. The Morgan fingerprint density at radius 3 is 2.56 bits per heavy atom. The lowest BCUT2D eigenvalue weighted by Gasteiger charge is -2.05. The lowest BCUT2D eigenvalue weighted by Crippen LogP contribution is -2.03. The quantitative estimate of drug-likeness (QED) is 0.778. The fourth-order valence-corrected chi connectivity index (χ4v) is 1.53. The normalized spacial score (nSPS) is 10.1. The summed E-state index contributed by atoms with van der Waals surface area (Å²) >= 11 is 0. The molecule has 1 aromatic heterocycles. The summed E-state index contributed by atoms with van der Waals surface area (Å²) < 4.78 is 5.61. The molecule has 0 fully saturated rings. The van der Waals surface area contributed by atoms with Crippen molar-refractivity contribution in [1.29, 1.82) is 0 Å². The van der Waals surface area contributed by atoms with Gasteiger partial charge in [0.15, 0.2) is 0 Å². The van der Waals surface area contributed by atoms with E-state index in [1.807, 2.05) is 55.5 Å². The van der Waals surface area contributed by atoms with E-state index >= 15 is 0 Å². The Morgan fingerprint density at radius 1 is 1.00 bits per heavy atom. The third kappa shape index (κ3) is 3.09. The van der Waals surface area contributed by atoms with Gasteiger partial charge in [-0.25, -0.2) is 0 Å². The second-order valence-electron chi connectivity index (χ2n) is 3.68. The van der Waals surface area contributed by atoms with Gasteiger partial charge in [-0.3, -0.25) is 4.98 Å². The summed E-state index contributed by atoms with van der Waals surface area (Å²) in [6.07, 6.45) is 0.844. The van der Waals surface area contributed by atoms with Crippen LogP contribution in [0, 0.1) is 6.92 Å². The largest absolute Gasteiger partial charge is 0.493 e. The van der Waals surface area contributed by atoms with E-state index in [0.717, 1.165) is 23.6 Å². The minimum absolute atomic E-state index is 0.667. The monoisotopic (exact) mass is 213 g/mol. The van der Waals surface area contributed by atoms with Gasteiger partial charge < -0.3 is 4.74 Å². The Kier molecular flexibility index (Phi) is 3.54. The number of ether oxygens (including phenoxy) is 1. The maximum Gasteiger partial charge on any atom is 0.119 e. The average Bonchev–Trinajstić information content (AvgIpc) is 2.30. The molecule has 0 spiro atoms. The number of hydrogen-bond acceptors (Lipinski definition) is 2. The molecule has 0 saturated carbocycles. The highest BCUT2D eigenvalue weighted by atomic mass is 16.5. The first kappa shape index (κ1) is 10.7. The minimum Gasteiger partial charge on any atom is -0.493 e. The van der Waals surface area contributed by atoms with Gasteiger partial charge in [-0.2, -0.15) is 0 Å². The van der Waals surface area contributed by atoms with Crippen LogP contribution in [0.4, 0.5) is 0 Å². The van der Waals surface area contributed by atoms with Crippen LogP contribution < -0.4 is 4.74 Å². The molecule has 2 heteroatoms. The van der Waals surface area contributed by atoms with Crippen molar-refractivity contribution in [1.82, 2.24) is 4.98 Å². The van der Waals surface area contributed by atoms with E-state index in [1.54, 1.807) is 0 Å². The number of pyridine rings is 1. The number of benzene rings is 1. The van der Waals surface area contributed by atoms with Crippen molar-refractivity contribution >= 4 is 0 Å². The first-order valence-corrected chi connectivity index (χ1v) is 5.45. The van der Waals surface area contributed by atoms with Gasteiger partial charge in [0.05, 0.1) is 6.61 Å². The number of rotatable bonds is 4. The van der Waals surface area contributed by atoms with Gasteiger partial charge >= 0.3 is 0 Å². The van der Waals surface area contributed by atoms with E-state index in [9.17, 15) is 0 Å². The van der Waals surface area contributed by atoms with Crippen molar-refractivity contribution in [2.75, 3.05) is 6.61 Å². The van der Waals surface area contributed by atoms with Crippen molar-refractivity contribution in [3.05, 3.63) is 59.9 Å². The minimum atomic E-state index is 0.667. The summed E-state index contributed by atoms with van der Waals surface area (Å²) in [7, 11) is 0. The molecule has 0 amide bonds. The third-order valence-corrected chi connectivity index (χ3v) is 2.32. The highest BCUT2D eigenvalue weighted by Gasteiger charge is 1.96. The standard InChI is InChI=1S/C14H15NO/c1-12-6-5-7-13(15-12)10-11-16-14-8-3-2-4-9-14/h2-9H,10-11H2,1H3. The molecule has 0 saturated heterocycles. The number of para-hydroxylation sites is 1. The molecular weight excluding hydrogens is 198 g/mol. The van der Waals surface area contributed by atoms with E-state index in [-0.39, 0.29) is 0 Å². The van der Waals surface area contributed by atoms with Crippen LogP contribution in [-0.2, 0) is 6.42 Å². The molecule has 82 valence electrons. The molecule has 0 aliphatic carbocycles. The van der Waals surface area contributed by atoms with Gasteiger partial charge in [-0.05, 0) is 31.2 Å². The van der Waals surface area contributed by atoms with Crippen LogP contribution >= 0.6 is 0 Å². The topological polar surface area (TPSA) is 22.1 Å². The van der Waals surface area contributed by atoms with Crippen molar-refractivity contribution in [3.63, 3.8) is 0 Å². The summed E-state index contributed by atoms with van der Waals surface area (Å²) in [5.41, 5.74) is 2.13. The van der Waals surface area contributed by atoms with E-state index < -0.39 is 0 Å². The first-order valence-electron chi connectivity index (χ1n) is 5.45. The molecule has 0 aliphatic rings. The fourth-order valence-electron chi connectivity index (χ4n) is 1.53. The maximum absolute atomic E-state index is 5.61. The smallest absolute Gasteiger partial charge is 0.119 e. The van der Waals surface area contributed by atoms with Crippen LogP contribution in [0.3, 0.4) is 0 Å². The van der Waals surface area contributed by atoms with Crippen molar-refractivity contribution in [2.45, 2.75) is 13.3 Å². The summed E-state index contributed by atoms with van der Waals surface area (Å²) in [6, 6.07) is 15.9. The third-order valence-electron chi connectivity index (χ3n) is 2.32. The molecule has 0 radical (unpaired) electrons. The van der Waals surface area contributed by atoms with Gasteiger partial charge in [0.1, 0.15) is 5.75 Å². The number of hydrogen-bond donors (Lipinski definition) is 0. The molecular formula is C14H15NO. The predicted octanol–water partition coefficient (Wildman–Crippen LogP) is 3.01. The van der Waals surface area contributed by atoms with Crippen LogP contribution in [0.15, 0.2) is 48.5 Å². The molecule has 0 atom stereocenters. The Balaban J connectivity index is 1.85. The Hall–Kier alpha value is -1.83. The molecule has 1 heterocycles. The second-order valence-corrected chi connectivity index (χ2v) is 3.68. The molecule has 2 nitrogen and oxygen atoms in total. The lowest BCUT2D eigenvalue weighted by molar-refractivity contribution is 0.320. The van der Waals surface area contributed by atoms with E-state index in [1.165, 1.54) is 0 Å². The van der Waals surface area contributed by atoms with Crippen LogP contribution in [0.25, 0.3) is 0 Å². The van der Waals surface area contributed by atoms with Crippen molar-refractivity contribution in [3.8, 4) is 5.75 Å². The molecule has 16 heavy (non-hydrogen) atoms. The molecule has 2 rings (SSSR count). The number of aromatic nitrogens is 1. The molecule has 0 aliphatic heterocycles. The Bertz CT molecular complexity index is 439. The molecule has 2 aromatic rings. The highest BCUT2D eigenvalue weighted by Crippen LogP contribution is 2.08. The number of aryl methyl sites for hydroxylation is 1. The lowest BCUT2D eigenvalue weighted by atomic mass is 10.2. The van der Waals surface area contributed by atoms with Gasteiger partial charge in [0, 0.05) is 17.8 Å². The summed E-state index contributed by atoms with van der Waals surface area (Å²) in [6.45, 7) is 2.67. The Morgan fingerprint density at radius 2 is 1.81 bits per heavy atom.